The molecule has 0 bridgehead atoms. The first-order valence-corrected chi connectivity index (χ1v) is 5.52. The number of nitrogens with two attached hydrogens (primary N) is 1. The van der Waals surface area contributed by atoms with Gasteiger partial charge in [-0.2, -0.15) is 0 Å². The van der Waals surface area contributed by atoms with E-state index in [9.17, 15) is 23.4 Å². The van der Waals surface area contributed by atoms with Crippen LogP contribution >= 0.6 is 12.4 Å². The molecule has 4 N–H and O–H groups in total. The van der Waals surface area contributed by atoms with Crippen molar-refractivity contribution < 1.29 is 28.1 Å². The van der Waals surface area contributed by atoms with Gasteiger partial charge < -0.3 is 20.7 Å². The first-order chi connectivity index (χ1) is 8.57. The Kier molecular flexibility index (Phi) is 6.13. The molecule has 0 heterocycles. The van der Waals surface area contributed by atoms with E-state index in [-0.39, 0.29) is 30.3 Å². The molecule has 0 saturated carbocycles. The lowest BCUT2D eigenvalue weighted by Crippen LogP contribution is -2.32. The number of alkyl halides is 3. The van der Waals surface area contributed by atoms with Gasteiger partial charge in [0.2, 0.25) is 0 Å². The van der Waals surface area contributed by atoms with Gasteiger partial charge in [0.1, 0.15) is 11.5 Å². The van der Waals surface area contributed by atoms with Gasteiger partial charge in [-0.3, -0.25) is 0 Å². The Morgan fingerprint density at radius 1 is 1.30 bits per heavy atom. The minimum Gasteiger partial charge on any atom is -0.508 e. The highest BCUT2D eigenvalue weighted by molar-refractivity contribution is 5.85. The number of phenolic OH excluding ortho intramolecular Hbond substituents is 1. The van der Waals surface area contributed by atoms with Crippen molar-refractivity contribution in [1.29, 1.82) is 0 Å². The average Bonchev–Trinajstić information content (AvgIpc) is 2.29. The molecule has 0 fully saturated rings. The van der Waals surface area contributed by atoms with Crippen LogP contribution in [0.3, 0.4) is 0 Å². The van der Waals surface area contributed by atoms with E-state index in [0.717, 1.165) is 18.2 Å². The van der Waals surface area contributed by atoms with E-state index >= 15 is 0 Å². The van der Waals surface area contributed by atoms with Gasteiger partial charge in [0.05, 0.1) is 0 Å². The fourth-order valence-electron chi connectivity index (χ4n) is 1.50. The zero-order chi connectivity index (χ0) is 14.8. The van der Waals surface area contributed by atoms with Gasteiger partial charge in [-0.15, -0.1) is 25.6 Å². The maximum atomic E-state index is 12.1. The number of benzene rings is 1. The number of hydrogen-bond donors (Lipinski definition) is 3. The molecule has 1 aromatic carbocycles. The van der Waals surface area contributed by atoms with E-state index in [1.54, 1.807) is 13.8 Å². The third-order valence-corrected chi connectivity index (χ3v) is 2.82. The summed E-state index contributed by atoms with van der Waals surface area (Å²) in [6.07, 6.45) is -4.81. The van der Waals surface area contributed by atoms with Crippen LogP contribution in [0.4, 0.5) is 13.2 Å². The number of phenols is 1. The Labute approximate surface area is 120 Å². The molecule has 116 valence electrons. The molecule has 0 unspecified atom stereocenters. The highest BCUT2D eigenvalue weighted by Gasteiger charge is 2.33. The van der Waals surface area contributed by atoms with Crippen molar-refractivity contribution in [2.24, 2.45) is 11.1 Å². The summed E-state index contributed by atoms with van der Waals surface area (Å²) in [6.45, 7) is 2.99. The standard InChI is InChI=1S/C12H16F3NO3.ClH/c1-11(2,6-17)10(16)8-5-7(3-4-9(8)18)19-12(13,14)15;/h3-5,10,17-18H,6,16H2,1-2H3;1H/t10-;/m1./s1. The Hall–Kier alpha value is -1.18. The van der Waals surface area contributed by atoms with E-state index < -0.39 is 23.6 Å². The molecule has 1 rings (SSSR count). The maximum Gasteiger partial charge on any atom is 0.573 e. The Morgan fingerprint density at radius 3 is 2.30 bits per heavy atom. The van der Waals surface area contributed by atoms with Gasteiger partial charge >= 0.3 is 6.36 Å². The molecule has 0 saturated heterocycles. The number of rotatable bonds is 4. The first kappa shape index (κ1) is 18.8. The number of aliphatic hydroxyl groups excluding tert-OH is 1. The van der Waals surface area contributed by atoms with E-state index in [1.165, 1.54) is 0 Å². The van der Waals surface area contributed by atoms with Crippen LogP contribution < -0.4 is 10.5 Å². The van der Waals surface area contributed by atoms with Crippen molar-refractivity contribution >= 4 is 12.4 Å². The number of aromatic hydroxyl groups is 1. The highest BCUT2D eigenvalue weighted by atomic mass is 35.5. The van der Waals surface area contributed by atoms with Crippen molar-refractivity contribution in [3.63, 3.8) is 0 Å². The normalized spacial score (nSPS) is 13.6. The van der Waals surface area contributed by atoms with Gasteiger partial charge in [-0.05, 0) is 18.2 Å². The SMILES string of the molecule is CC(C)(CO)[C@H](N)c1cc(OC(F)(F)F)ccc1O.Cl. The minimum absolute atomic E-state index is 0. The molecule has 8 heteroatoms. The van der Waals surface area contributed by atoms with Gasteiger partial charge in [-0.1, -0.05) is 13.8 Å². The minimum atomic E-state index is -4.81. The summed E-state index contributed by atoms with van der Waals surface area (Å²) in [5.74, 6) is -0.715. The van der Waals surface area contributed by atoms with Crippen molar-refractivity contribution in [1.82, 2.24) is 0 Å². The quantitative estimate of drug-likeness (QED) is 0.798. The second-order valence-corrected chi connectivity index (χ2v) is 4.89. The number of halogens is 4. The lowest BCUT2D eigenvalue weighted by Gasteiger charge is -2.30. The van der Waals surface area contributed by atoms with Crippen molar-refractivity contribution in [3.8, 4) is 11.5 Å². The van der Waals surface area contributed by atoms with Crippen molar-refractivity contribution in [3.05, 3.63) is 23.8 Å². The average molecular weight is 316 g/mol. The molecule has 1 aromatic rings. The molecule has 4 nitrogen and oxygen atoms in total. The summed E-state index contributed by atoms with van der Waals surface area (Å²) in [4.78, 5) is 0. The van der Waals surface area contributed by atoms with Gasteiger partial charge in [0, 0.05) is 23.6 Å². The molecule has 0 amide bonds. The fraction of sp³-hybridized carbons (Fsp3) is 0.500. The third-order valence-electron chi connectivity index (χ3n) is 2.82. The summed E-state index contributed by atoms with van der Waals surface area (Å²) < 4.78 is 40.1. The second kappa shape index (κ2) is 6.51. The zero-order valence-corrected chi connectivity index (χ0v) is 11.8. The monoisotopic (exact) mass is 315 g/mol. The molecule has 0 aliphatic heterocycles. The molecule has 0 aliphatic carbocycles. The summed E-state index contributed by atoms with van der Waals surface area (Å²) in [5, 5.41) is 18.9. The Balaban J connectivity index is 0.00000361. The van der Waals surface area contributed by atoms with Gasteiger partial charge in [0.15, 0.2) is 0 Å². The third kappa shape index (κ3) is 4.73. The van der Waals surface area contributed by atoms with Crippen LogP contribution in [0.15, 0.2) is 18.2 Å². The summed E-state index contributed by atoms with van der Waals surface area (Å²) in [7, 11) is 0. The summed E-state index contributed by atoms with van der Waals surface area (Å²) >= 11 is 0. The summed E-state index contributed by atoms with van der Waals surface area (Å²) in [5.41, 5.74) is 5.15. The van der Waals surface area contributed by atoms with E-state index in [4.69, 9.17) is 5.73 Å². The van der Waals surface area contributed by atoms with Gasteiger partial charge in [0.25, 0.3) is 0 Å². The van der Waals surface area contributed by atoms with Gasteiger partial charge in [-0.25, -0.2) is 0 Å². The van der Waals surface area contributed by atoms with E-state index in [1.807, 2.05) is 0 Å². The summed E-state index contributed by atoms with van der Waals surface area (Å²) in [6, 6.07) is 2.24. The van der Waals surface area contributed by atoms with Crippen molar-refractivity contribution in [2.45, 2.75) is 26.3 Å². The van der Waals surface area contributed by atoms with Crippen LogP contribution in [0.25, 0.3) is 0 Å². The Morgan fingerprint density at radius 2 is 1.85 bits per heavy atom. The number of ether oxygens (including phenoxy) is 1. The predicted molar refractivity (Wildman–Crippen MR) is 69.8 cm³/mol. The molecule has 0 spiro atoms. The molecule has 0 radical (unpaired) electrons. The van der Waals surface area contributed by atoms with E-state index in [2.05, 4.69) is 4.74 Å². The molecule has 0 aliphatic rings. The number of aliphatic hydroxyl groups is 1. The lowest BCUT2D eigenvalue weighted by atomic mass is 9.81. The second-order valence-electron chi connectivity index (χ2n) is 4.89. The van der Waals surface area contributed by atoms with Crippen LogP contribution in [-0.4, -0.2) is 23.2 Å². The topological polar surface area (TPSA) is 75.7 Å². The predicted octanol–water partition coefficient (Wildman–Crippen LogP) is 2.73. The molecule has 0 aromatic heterocycles. The number of hydrogen-bond acceptors (Lipinski definition) is 4. The van der Waals surface area contributed by atoms with Crippen LogP contribution in [0.5, 0.6) is 11.5 Å². The van der Waals surface area contributed by atoms with Crippen LogP contribution in [0.1, 0.15) is 25.5 Å². The van der Waals surface area contributed by atoms with Crippen LogP contribution in [0, 0.1) is 5.41 Å². The lowest BCUT2D eigenvalue weighted by molar-refractivity contribution is -0.274. The molecular formula is C12H17ClF3NO3. The first-order valence-electron chi connectivity index (χ1n) is 5.52. The molecule has 1 atom stereocenters. The smallest absolute Gasteiger partial charge is 0.508 e. The fourth-order valence-corrected chi connectivity index (χ4v) is 1.50. The Bertz CT molecular complexity index is 452. The van der Waals surface area contributed by atoms with Crippen molar-refractivity contribution in [2.75, 3.05) is 6.61 Å². The largest absolute Gasteiger partial charge is 0.573 e. The van der Waals surface area contributed by atoms with E-state index in [0.29, 0.717) is 0 Å². The molecular weight excluding hydrogens is 299 g/mol. The molecule has 20 heavy (non-hydrogen) atoms. The van der Waals surface area contributed by atoms with Crippen LogP contribution in [0.2, 0.25) is 0 Å². The highest BCUT2D eigenvalue weighted by Crippen LogP contribution is 2.37. The van der Waals surface area contributed by atoms with Crippen LogP contribution in [-0.2, 0) is 0 Å². The maximum absolute atomic E-state index is 12.1. The zero-order valence-electron chi connectivity index (χ0n) is 10.9.